The van der Waals surface area contributed by atoms with Crippen molar-refractivity contribution >= 4 is 0 Å². The second-order valence-electron chi connectivity index (χ2n) is 7.15. The van der Waals surface area contributed by atoms with Gasteiger partial charge in [0.2, 0.25) is 0 Å². The van der Waals surface area contributed by atoms with Crippen LogP contribution in [0.1, 0.15) is 23.6 Å². The molecule has 0 saturated heterocycles. The largest absolute Gasteiger partial charge is 0.481 e. The van der Waals surface area contributed by atoms with Gasteiger partial charge in [0.05, 0.1) is 0 Å². The first-order chi connectivity index (χ1) is 15.6. The van der Waals surface area contributed by atoms with Gasteiger partial charge in [-0.3, -0.25) is 0 Å². The topological polar surface area (TPSA) is 27.7 Å². The molecule has 0 fully saturated rings. The van der Waals surface area contributed by atoms with Gasteiger partial charge in [-0.25, -0.2) is 0 Å². The van der Waals surface area contributed by atoms with E-state index in [0.29, 0.717) is 11.5 Å². The van der Waals surface area contributed by atoms with Crippen molar-refractivity contribution in [3.63, 3.8) is 0 Å². The van der Waals surface area contributed by atoms with E-state index in [1.165, 1.54) is 0 Å². The maximum Gasteiger partial charge on any atom is 0.148 e. The summed E-state index contributed by atoms with van der Waals surface area (Å²) in [7, 11) is 0. The molecule has 3 nitrogen and oxygen atoms in total. The molecule has 0 radical (unpaired) electrons. The van der Waals surface area contributed by atoms with Crippen molar-refractivity contribution in [3.8, 4) is 54.3 Å². The molecule has 0 aliphatic rings. The van der Waals surface area contributed by atoms with Gasteiger partial charge in [-0.05, 0) is 48.4 Å². The van der Waals surface area contributed by atoms with Crippen LogP contribution in [0.4, 0.5) is 0 Å². The second kappa shape index (κ2) is 10.7. The Morgan fingerprint density at radius 1 is 0.625 bits per heavy atom. The van der Waals surface area contributed by atoms with Gasteiger partial charge < -0.3 is 14.2 Å². The molecule has 0 amide bonds. The highest BCUT2D eigenvalue weighted by Gasteiger charge is 2.34. The Balaban J connectivity index is 2.11. The van der Waals surface area contributed by atoms with Gasteiger partial charge in [-0.1, -0.05) is 60.2 Å². The Hall–Kier alpha value is -4.26. The smallest absolute Gasteiger partial charge is 0.148 e. The molecular formula is C29H24O3. The van der Waals surface area contributed by atoms with Gasteiger partial charge in [-0.2, -0.15) is 0 Å². The summed E-state index contributed by atoms with van der Waals surface area (Å²) in [4.78, 5) is 0. The minimum atomic E-state index is -0.541. The fourth-order valence-electron chi connectivity index (χ4n) is 3.62. The van der Waals surface area contributed by atoms with E-state index in [4.69, 9.17) is 33.5 Å². The van der Waals surface area contributed by atoms with E-state index in [9.17, 15) is 0 Å². The molecular weight excluding hydrogens is 396 g/mol. The zero-order valence-electron chi connectivity index (χ0n) is 18.0. The van der Waals surface area contributed by atoms with Crippen LogP contribution in [-0.2, 0) is 5.41 Å². The molecule has 3 aromatic rings. The summed E-state index contributed by atoms with van der Waals surface area (Å²) in [5.41, 5.74) is 2.56. The zero-order valence-corrected chi connectivity index (χ0v) is 18.0. The first-order valence-electron chi connectivity index (χ1n) is 10.1. The maximum atomic E-state index is 5.90. The van der Waals surface area contributed by atoms with Crippen LogP contribution in [0, 0.1) is 37.0 Å². The monoisotopic (exact) mass is 420 g/mol. The van der Waals surface area contributed by atoms with Gasteiger partial charge in [0.15, 0.2) is 0 Å². The van der Waals surface area contributed by atoms with E-state index < -0.39 is 5.41 Å². The Kier molecular flexibility index (Phi) is 7.48. The molecule has 0 aromatic heterocycles. The van der Waals surface area contributed by atoms with Crippen molar-refractivity contribution in [2.45, 2.75) is 12.3 Å². The summed E-state index contributed by atoms with van der Waals surface area (Å²) < 4.78 is 17.0. The summed E-state index contributed by atoms with van der Waals surface area (Å²) in [6.45, 7) is 2.78. The SMILES string of the molecule is C#CCOc1ccc(C(C)(c2ccc(OCC#C)cc2)c2ccccc2OCC#C)cc1. The average Bonchev–Trinajstić information content (AvgIpc) is 2.85. The van der Waals surface area contributed by atoms with Crippen LogP contribution in [0.3, 0.4) is 0 Å². The van der Waals surface area contributed by atoms with Crippen molar-refractivity contribution in [2.24, 2.45) is 0 Å². The van der Waals surface area contributed by atoms with Gasteiger partial charge >= 0.3 is 0 Å². The predicted octanol–water partition coefficient (Wildman–Crippen LogP) is 5.08. The molecule has 32 heavy (non-hydrogen) atoms. The molecule has 0 saturated carbocycles. The third-order valence-electron chi connectivity index (χ3n) is 5.24. The van der Waals surface area contributed by atoms with Crippen molar-refractivity contribution in [1.82, 2.24) is 0 Å². The van der Waals surface area contributed by atoms with Gasteiger partial charge in [-0.15, -0.1) is 19.3 Å². The predicted molar refractivity (Wildman–Crippen MR) is 128 cm³/mol. The van der Waals surface area contributed by atoms with Crippen LogP contribution in [0.5, 0.6) is 17.2 Å². The number of hydrogen-bond acceptors (Lipinski definition) is 3. The molecule has 0 aliphatic heterocycles. The molecule has 0 unspecified atom stereocenters. The molecule has 0 N–H and O–H groups in total. The lowest BCUT2D eigenvalue weighted by Crippen LogP contribution is -2.26. The molecule has 0 atom stereocenters. The fraction of sp³-hybridized carbons (Fsp3) is 0.172. The normalized spacial score (nSPS) is 10.3. The van der Waals surface area contributed by atoms with Gasteiger partial charge in [0.1, 0.15) is 37.1 Å². The Labute approximate surface area is 190 Å². The second-order valence-corrected chi connectivity index (χ2v) is 7.15. The van der Waals surface area contributed by atoms with E-state index in [1.54, 1.807) is 0 Å². The van der Waals surface area contributed by atoms with Crippen molar-refractivity contribution in [1.29, 1.82) is 0 Å². The summed E-state index contributed by atoms with van der Waals surface area (Å²) >= 11 is 0. The molecule has 158 valence electrons. The van der Waals surface area contributed by atoms with Crippen molar-refractivity contribution in [2.75, 3.05) is 19.8 Å². The van der Waals surface area contributed by atoms with E-state index >= 15 is 0 Å². The third kappa shape index (κ3) is 4.89. The maximum absolute atomic E-state index is 5.90. The van der Waals surface area contributed by atoms with E-state index in [1.807, 2.05) is 66.7 Å². The number of benzene rings is 3. The Morgan fingerprint density at radius 3 is 1.53 bits per heavy atom. The molecule has 3 heteroatoms. The lowest BCUT2D eigenvalue weighted by atomic mass is 9.70. The molecule has 3 rings (SSSR count). The molecule has 0 bridgehead atoms. The summed E-state index contributed by atoms with van der Waals surface area (Å²) in [6.07, 6.45) is 16.0. The van der Waals surface area contributed by atoms with Crippen LogP contribution in [0.25, 0.3) is 0 Å². The minimum absolute atomic E-state index is 0.185. The van der Waals surface area contributed by atoms with Crippen molar-refractivity contribution < 1.29 is 14.2 Å². The van der Waals surface area contributed by atoms with Crippen LogP contribution < -0.4 is 14.2 Å². The highest BCUT2D eigenvalue weighted by atomic mass is 16.5. The lowest BCUT2D eigenvalue weighted by molar-refractivity contribution is 0.361. The van der Waals surface area contributed by atoms with Crippen LogP contribution >= 0.6 is 0 Å². The van der Waals surface area contributed by atoms with Gasteiger partial charge in [0, 0.05) is 11.0 Å². The fourth-order valence-corrected chi connectivity index (χ4v) is 3.62. The van der Waals surface area contributed by atoms with E-state index in [0.717, 1.165) is 22.4 Å². The molecule has 0 heterocycles. The number of ether oxygens (including phenoxy) is 3. The highest BCUT2D eigenvalue weighted by molar-refractivity contribution is 5.55. The standard InChI is InChI=1S/C29H24O3/c1-5-20-30-25-16-12-23(13-17-25)29(4,24-14-18-26(19-15-24)31-21-6-2)27-10-8-9-11-28(27)32-22-7-3/h1-3,8-19H,20-22H2,4H3. The zero-order chi connectivity index (χ0) is 22.8. The van der Waals surface area contributed by atoms with E-state index in [2.05, 4.69) is 30.8 Å². The quantitative estimate of drug-likeness (QED) is 0.357. The Bertz CT molecular complexity index is 1090. The number of rotatable bonds is 9. The first kappa shape index (κ1) is 22.4. The number of terminal acetylenes is 3. The summed E-state index contributed by atoms with van der Waals surface area (Å²) in [6, 6.07) is 23.7. The lowest BCUT2D eigenvalue weighted by Gasteiger charge is -2.33. The number of para-hydroxylation sites is 1. The molecule has 0 spiro atoms. The average molecular weight is 421 g/mol. The molecule has 3 aromatic carbocycles. The van der Waals surface area contributed by atoms with Crippen LogP contribution in [-0.4, -0.2) is 19.8 Å². The first-order valence-corrected chi connectivity index (χ1v) is 10.1. The summed E-state index contributed by atoms with van der Waals surface area (Å²) in [5.74, 6) is 9.66. The van der Waals surface area contributed by atoms with Crippen LogP contribution in [0.15, 0.2) is 72.8 Å². The van der Waals surface area contributed by atoms with Gasteiger partial charge in [0.25, 0.3) is 0 Å². The summed E-state index contributed by atoms with van der Waals surface area (Å²) in [5, 5.41) is 0. The Morgan fingerprint density at radius 2 is 1.06 bits per heavy atom. The molecule has 0 aliphatic carbocycles. The van der Waals surface area contributed by atoms with Crippen molar-refractivity contribution in [3.05, 3.63) is 89.5 Å². The van der Waals surface area contributed by atoms with E-state index in [-0.39, 0.29) is 19.8 Å². The number of hydrogen-bond donors (Lipinski definition) is 0. The third-order valence-corrected chi connectivity index (χ3v) is 5.24. The minimum Gasteiger partial charge on any atom is -0.481 e. The van der Waals surface area contributed by atoms with Crippen LogP contribution in [0.2, 0.25) is 0 Å². The highest BCUT2D eigenvalue weighted by Crippen LogP contribution is 2.43.